The molecule has 1 atom stereocenters. The third kappa shape index (κ3) is 3.95. The molecule has 2 amide bonds. The van der Waals surface area contributed by atoms with Crippen LogP contribution in [0.2, 0.25) is 0 Å². The molecule has 1 saturated heterocycles. The third-order valence-electron chi connectivity index (χ3n) is 3.81. The van der Waals surface area contributed by atoms with Gasteiger partial charge in [-0.15, -0.1) is 0 Å². The number of rotatable bonds is 7. The summed E-state index contributed by atoms with van der Waals surface area (Å²) in [5.74, 6) is -0.912. The van der Waals surface area contributed by atoms with Crippen LogP contribution in [0.1, 0.15) is 12.8 Å². The molecule has 2 rings (SSSR count). The maximum atomic E-state index is 12.2. The molecule has 2 N–H and O–H groups in total. The Morgan fingerprint density at radius 3 is 2.62 bits per heavy atom. The second kappa shape index (κ2) is 7.67. The van der Waals surface area contributed by atoms with Gasteiger partial charge in [-0.2, -0.15) is 0 Å². The van der Waals surface area contributed by atoms with Crippen molar-refractivity contribution in [1.82, 2.24) is 5.32 Å². The first-order valence-electron chi connectivity index (χ1n) is 7.48. The van der Waals surface area contributed by atoms with E-state index in [0.717, 1.165) is 0 Å². The largest absolute Gasteiger partial charge is 0.493 e. The summed E-state index contributed by atoms with van der Waals surface area (Å²) in [5, 5.41) is 11.1. The maximum Gasteiger partial charge on any atom is 0.305 e. The molecule has 1 aromatic carbocycles. The second-order valence-corrected chi connectivity index (χ2v) is 5.38. The van der Waals surface area contributed by atoms with Gasteiger partial charge >= 0.3 is 5.97 Å². The molecule has 0 radical (unpaired) electrons. The van der Waals surface area contributed by atoms with Gasteiger partial charge in [0.25, 0.3) is 0 Å². The number of carbonyl (C=O) groups excluding carboxylic acids is 2. The van der Waals surface area contributed by atoms with Crippen LogP contribution in [0, 0.1) is 5.92 Å². The van der Waals surface area contributed by atoms with Gasteiger partial charge in [-0.1, -0.05) is 0 Å². The number of carboxylic acid groups (broad SMARTS) is 1. The van der Waals surface area contributed by atoms with Gasteiger partial charge in [-0.05, 0) is 12.1 Å². The smallest absolute Gasteiger partial charge is 0.305 e. The first-order chi connectivity index (χ1) is 11.5. The van der Waals surface area contributed by atoms with Crippen LogP contribution in [0.15, 0.2) is 18.2 Å². The minimum atomic E-state index is -0.982. The number of carboxylic acids is 1. The molecular weight excluding hydrogens is 316 g/mol. The van der Waals surface area contributed by atoms with Crippen molar-refractivity contribution in [3.63, 3.8) is 0 Å². The van der Waals surface area contributed by atoms with E-state index in [1.165, 1.54) is 19.1 Å². The van der Waals surface area contributed by atoms with Gasteiger partial charge in [0.2, 0.25) is 11.8 Å². The normalized spacial score (nSPS) is 16.8. The number of aliphatic carboxylic acids is 1. The van der Waals surface area contributed by atoms with Crippen molar-refractivity contribution in [1.29, 1.82) is 0 Å². The average Bonchev–Trinajstić information content (AvgIpc) is 2.95. The van der Waals surface area contributed by atoms with Gasteiger partial charge in [0.1, 0.15) is 0 Å². The van der Waals surface area contributed by atoms with Gasteiger partial charge in [-0.3, -0.25) is 14.4 Å². The Balaban J connectivity index is 2.04. The molecule has 0 aliphatic carbocycles. The van der Waals surface area contributed by atoms with E-state index in [4.69, 9.17) is 14.6 Å². The van der Waals surface area contributed by atoms with Crippen molar-refractivity contribution in [2.45, 2.75) is 12.8 Å². The molecule has 0 aromatic heterocycles. The quantitative estimate of drug-likeness (QED) is 0.757. The Morgan fingerprint density at radius 2 is 2.00 bits per heavy atom. The van der Waals surface area contributed by atoms with Crippen molar-refractivity contribution < 1.29 is 29.0 Å². The van der Waals surface area contributed by atoms with Crippen molar-refractivity contribution in [3.8, 4) is 11.5 Å². The minimum absolute atomic E-state index is 0.0508. The van der Waals surface area contributed by atoms with Crippen LogP contribution >= 0.6 is 0 Å². The monoisotopic (exact) mass is 336 g/mol. The predicted molar refractivity (Wildman–Crippen MR) is 85.3 cm³/mol. The summed E-state index contributed by atoms with van der Waals surface area (Å²) in [5.41, 5.74) is 0.624. The number of hydrogen-bond acceptors (Lipinski definition) is 5. The molecule has 8 nitrogen and oxygen atoms in total. The molecule has 130 valence electrons. The van der Waals surface area contributed by atoms with Crippen LogP contribution in [-0.4, -0.2) is 50.2 Å². The molecule has 0 unspecified atom stereocenters. The SMILES string of the molecule is COc1ccc(N2C[C@H](C(=O)NCCC(=O)O)CC2=O)cc1OC. The average molecular weight is 336 g/mol. The summed E-state index contributed by atoms with van der Waals surface area (Å²) in [7, 11) is 3.03. The van der Waals surface area contributed by atoms with Gasteiger partial charge in [0.15, 0.2) is 11.5 Å². The van der Waals surface area contributed by atoms with E-state index in [1.54, 1.807) is 18.2 Å². The summed E-state index contributed by atoms with van der Waals surface area (Å²) in [6, 6.07) is 5.10. The Hall–Kier alpha value is -2.77. The fraction of sp³-hybridized carbons (Fsp3) is 0.438. The highest BCUT2D eigenvalue weighted by Crippen LogP contribution is 2.34. The first kappa shape index (κ1) is 17.6. The predicted octanol–water partition coefficient (Wildman–Crippen LogP) is 0.648. The lowest BCUT2D eigenvalue weighted by Crippen LogP contribution is -2.34. The van der Waals surface area contributed by atoms with E-state index in [9.17, 15) is 14.4 Å². The zero-order chi connectivity index (χ0) is 17.7. The molecule has 1 fully saturated rings. The van der Waals surface area contributed by atoms with E-state index < -0.39 is 11.9 Å². The number of nitrogens with one attached hydrogen (secondary N) is 1. The summed E-state index contributed by atoms with van der Waals surface area (Å²) in [6.07, 6.45) is -0.0565. The molecule has 8 heteroatoms. The fourth-order valence-electron chi connectivity index (χ4n) is 2.56. The molecule has 0 spiro atoms. The van der Waals surface area contributed by atoms with E-state index >= 15 is 0 Å². The summed E-state index contributed by atoms with van der Waals surface area (Å²) < 4.78 is 10.4. The van der Waals surface area contributed by atoms with Crippen molar-refractivity contribution in [3.05, 3.63) is 18.2 Å². The van der Waals surface area contributed by atoms with Gasteiger partial charge < -0.3 is 24.8 Å². The maximum absolute atomic E-state index is 12.2. The number of ether oxygens (including phenoxy) is 2. The standard InChI is InChI=1S/C16H20N2O6/c1-23-12-4-3-11(8-13(12)24-2)18-9-10(7-14(18)19)16(22)17-6-5-15(20)21/h3-4,8,10H,5-7,9H2,1-2H3,(H,17,22)(H,20,21)/t10-/m1/s1. The van der Waals surface area contributed by atoms with Gasteiger partial charge in [-0.25, -0.2) is 0 Å². The second-order valence-electron chi connectivity index (χ2n) is 5.38. The van der Waals surface area contributed by atoms with E-state index in [2.05, 4.69) is 5.32 Å². The highest BCUT2D eigenvalue weighted by atomic mass is 16.5. The number of carbonyl (C=O) groups is 3. The zero-order valence-electron chi connectivity index (χ0n) is 13.6. The Labute approximate surface area is 139 Å². The minimum Gasteiger partial charge on any atom is -0.493 e. The van der Waals surface area contributed by atoms with Crippen LogP contribution in [-0.2, 0) is 14.4 Å². The Morgan fingerprint density at radius 1 is 1.29 bits per heavy atom. The van der Waals surface area contributed by atoms with Crippen molar-refractivity contribution in [2.75, 3.05) is 32.2 Å². The van der Waals surface area contributed by atoms with E-state index in [1.807, 2.05) is 0 Å². The fourth-order valence-corrected chi connectivity index (χ4v) is 2.56. The van der Waals surface area contributed by atoms with E-state index in [0.29, 0.717) is 17.2 Å². The topological polar surface area (TPSA) is 105 Å². The number of nitrogens with zero attached hydrogens (tertiary/aromatic N) is 1. The molecule has 0 saturated carbocycles. The van der Waals surface area contributed by atoms with Crippen LogP contribution in [0.25, 0.3) is 0 Å². The lowest BCUT2D eigenvalue weighted by Gasteiger charge is -2.18. The highest BCUT2D eigenvalue weighted by Gasteiger charge is 2.35. The van der Waals surface area contributed by atoms with E-state index in [-0.39, 0.29) is 37.7 Å². The summed E-state index contributed by atoms with van der Waals surface area (Å²) in [6.45, 7) is 0.294. The molecule has 1 heterocycles. The lowest BCUT2D eigenvalue weighted by molar-refractivity contribution is -0.137. The number of anilines is 1. The highest BCUT2D eigenvalue weighted by molar-refractivity contribution is 6.00. The third-order valence-corrected chi connectivity index (χ3v) is 3.81. The van der Waals surface area contributed by atoms with Crippen LogP contribution in [0.3, 0.4) is 0 Å². The molecular formula is C16H20N2O6. The van der Waals surface area contributed by atoms with Crippen LogP contribution < -0.4 is 19.7 Å². The summed E-state index contributed by atoms with van der Waals surface area (Å²) in [4.78, 5) is 36.2. The first-order valence-corrected chi connectivity index (χ1v) is 7.48. The van der Waals surface area contributed by atoms with Crippen molar-refractivity contribution >= 4 is 23.5 Å². The number of benzene rings is 1. The summed E-state index contributed by atoms with van der Waals surface area (Å²) >= 11 is 0. The Bertz CT molecular complexity index is 645. The number of amides is 2. The van der Waals surface area contributed by atoms with Crippen LogP contribution in [0.4, 0.5) is 5.69 Å². The number of hydrogen-bond donors (Lipinski definition) is 2. The van der Waals surface area contributed by atoms with Crippen molar-refractivity contribution in [2.24, 2.45) is 5.92 Å². The molecule has 24 heavy (non-hydrogen) atoms. The lowest BCUT2D eigenvalue weighted by atomic mass is 10.1. The Kier molecular flexibility index (Phi) is 5.62. The zero-order valence-corrected chi connectivity index (χ0v) is 13.6. The number of methoxy groups -OCH3 is 2. The van der Waals surface area contributed by atoms with Gasteiger partial charge in [0.05, 0.1) is 26.6 Å². The molecule has 1 aliphatic heterocycles. The van der Waals surface area contributed by atoms with Crippen LogP contribution in [0.5, 0.6) is 11.5 Å². The molecule has 0 bridgehead atoms. The molecule has 1 aromatic rings. The van der Waals surface area contributed by atoms with Gasteiger partial charge in [0, 0.05) is 31.3 Å². The molecule has 1 aliphatic rings.